The van der Waals surface area contributed by atoms with Gasteiger partial charge in [0.15, 0.2) is 0 Å². The van der Waals surface area contributed by atoms with Crippen LogP contribution in [-0.4, -0.2) is 22.9 Å². The van der Waals surface area contributed by atoms with Gasteiger partial charge in [-0.1, -0.05) is 101 Å². The molecule has 0 spiro atoms. The van der Waals surface area contributed by atoms with Gasteiger partial charge in [-0.2, -0.15) is 0 Å². The quantitative estimate of drug-likeness (QED) is 0.164. The molecule has 3 unspecified atom stereocenters. The zero-order valence-corrected chi connectivity index (χ0v) is 23.8. The van der Waals surface area contributed by atoms with Crippen LogP contribution in [0.25, 0.3) is 0 Å². The monoisotopic (exact) mass is 479 g/mol. The third-order valence-electron chi connectivity index (χ3n) is 5.74. The molecule has 0 fully saturated rings. The lowest BCUT2D eigenvalue weighted by atomic mass is 9.76. The Hall–Kier alpha value is 0.0700. The molecular weight excluding hydrogens is 421 g/mol. The smallest absolute Gasteiger partial charge is 0.330 e. The Labute approximate surface area is 200 Å². The highest BCUT2D eigenvalue weighted by Gasteiger charge is 2.27. The Balaban J connectivity index is 0. The first-order chi connectivity index (χ1) is 14.5. The Morgan fingerprint density at radius 1 is 0.844 bits per heavy atom. The van der Waals surface area contributed by atoms with Crippen molar-refractivity contribution in [1.29, 1.82) is 0 Å². The first kappa shape index (κ1) is 34.2. The highest BCUT2D eigenvalue weighted by Crippen LogP contribution is 2.40. The van der Waals surface area contributed by atoms with Gasteiger partial charge in [0.25, 0.3) is 0 Å². The topological polar surface area (TPSA) is 92.8 Å². The molecule has 0 aliphatic heterocycles. The third kappa shape index (κ3) is 26.3. The summed E-state index contributed by atoms with van der Waals surface area (Å²) in [6.45, 7) is 21.0. The van der Waals surface area contributed by atoms with Crippen LogP contribution in [0.2, 0.25) is 0 Å². The van der Waals surface area contributed by atoms with Gasteiger partial charge in [0.1, 0.15) is 0 Å². The number of nitrogens with two attached hydrogens (primary N) is 1. The number of hydrogen-bond donors (Lipinski definition) is 3. The summed E-state index contributed by atoms with van der Waals surface area (Å²) in [4.78, 5) is 18.0. The molecule has 6 heteroatoms. The summed E-state index contributed by atoms with van der Waals surface area (Å²) >= 11 is 0. The number of phosphoric ester groups is 1. The minimum Gasteiger partial charge on any atom is -0.330 e. The van der Waals surface area contributed by atoms with E-state index in [1.807, 2.05) is 0 Å². The van der Waals surface area contributed by atoms with Crippen LogP contribution in [0.3, 0.4) is 0 Å². The van der Waals surface area contributed by atoms with Crippen molar-refractivity contribution in [2.24, 2.45) is 34.3 Å². The second-order valence-corrected chi connectivity index (χ2v) is 13.5. The summed E-state index contributed by atoms with van der Waals surface area (Å²) in [6.07, 6.45) is 12.3. The number of hydrogen-bond acceptors (Lipinski definition) is 3. The molecule has 32 heavy (non-hydrogen) atoms. The molecule has 0 aromatic heterocycles. The zero-order valence-electron chi connectivity index (χ0n) is 23.0. The second kappa shape index (κ2) is 17.5. The average Bonchev–Trinajstić information content (AvgIpc) is 2.58. The predicted molar refractivity (Wildman–Crippen MR) is 140 cm³/mol. The molecule has 0 aliphatic carbocycles. The first-order valence-corrected chi connectivity index (χ1v) is 14.4. The molecule has 0 aromatic rings. The molecule has 0 amide bonds. The van der Waals surface area contributed by atoms with Gasteiger partial charge in [-0.15, -0.1) is 0 Å². The van der Waals surface area contributed by atoms with Crippen LogP contribution >= 0.6 is 7.82 Å². The van der Waals surface area contributed by atoms with E-state index >= 15 is 0 Å². The Bertz CT molecular complexity index is 473. The maximum absolute atomic E-state index is 11.0. The summed E-state index contributed by atoms with van der Waals surface area (Å²) in [6, 6.07) is 0. The Kier molecular flexibility index (Phi) is 18.7. The summed E-state index contributed by atoms with van der Waals surface area (Å²) in [5.74, 6) is 1.17. The van der Waals surface area contributed by atoms with E-state index < -0.39 is 7.82 Å². The summed E-state index contributed by atoms with van der Waals surface area (Å²) in [7, 11) is -4.39. The molecule has 0 bridgehead atoms. The van der Waals surface area contributed by atoms with E-state index in [9.17, 15) is 4.57 Å². The van der Waals surface area contributed by atoms with Crippen molar-refractivity contribution in [2.75, 3.05) is 13.2 Å². The molecule has 0 saturated heterocycles. The number of phosphoric acid groups is 1. The number of unbranched alkanes of at least 4 members (excludes halogenated alkanes) is 5. The van der Waals surface area contributed by atoms with Crippen molar-refractivity contribution in [3.63, 3.8) is 0 Å². The predicted octanol–water partition coefficient (Wildman–Crippen LogP) is 7.94. The van der Waals surface area contributed by atoms with Crippen molar-refractivity contribution >= 4 is 7.82 Å². The van der Waals surface area contributed by atoms with Crippen molar-refractivity contribution in [3.8, 4) is 0 Å². The van der Waals surface area contributed by atoms with Gasteiger partial charge in [-0.25, -0.2) is 4.57 Å². The van der Waals surface area contributed by atoms with Crippen molar-refractivity contribution in [1.82, 2.24) is 0 Å². The van der Waals surface area contributed by atoms with E-state index in [4.69, 9.17) is 20.0 Å². The molecule has 0 radical (unpaired) electrons. The van der Waals surface area contributed by atoms with E-state index in [0.29, 0.717) is 17.3 Å². The van der Waals surface area contributed by atoms with Gasteiger partial charge >= 0.3 is 7.82 Å². The van der Waals surface area contributed by atoms with Gasteiger partial charge in [-0.3, -0.25) is 4.52 Å². The normalized spacial score (nSPS) is 15.6. The molecule has 196 valence electrons. The maximum atomic E-state index is 11.0. The fraction of sp³-hybridized carbons (Fsp3) is 1.00. The van der Waals surface area contributed by atoms with Crippen LogP contribution in [0, 0.1) is 28.6 Å². The standard InChI is InChI=1S/C18H39O4P.C8H19N/c1-14(11-17(3,4)5)9-10-16(13-22-23(19,20)21)15(2)12-18(6,7)8;1-2-3-4-5-6-7-8-9/h14-16H,9-13H2,1-8H3,(H2,19,20,21);2-9H2,1H3. The zero-order chi connectivity index (χ0) is 25.4. The van der Waals surface area contributed by atoms with Gasteiger partial charge in [0, 0.05) is 0 Å². The SMILES string of the molecule is CC(CCC(COP(=O)(O)O)C(C)CC(C)(C)C)CC(C)(C)C.CCCCCCCCN. The van der Waals surface area contributed by atoms with Crippen molar-refractivity contribution < 1.29 is 18.9 Å². The molecule has 4 N–H and O–H groups in total. The lowest BCUT2D eigenvalue weighted by Gasteiger charge is -2.31. The van der Waals surface area contributed by atoms with E-state index in [0.717, 1.165) is 32.2 Å². The van der Waals surface area contributed by atoms with Crippen LogP contribution < -0.4 is 5.73 Å². The second-order valence-electron chi connectivity index (χ2n) is 12.3. The van der Waals surface area contributed by atoms with E-state index in [-0.39, 0.29) is 17.9 Å². The fourth-order valence-electron chi connectivity index (χ4n) is 4.43. The van der Waals surface area contributed by atoms with Crippen molar-refractivity contribution in [3.05, 3.63) is 0 Å². The Morgan fingerprint density at radius 2 is 1.34 bits per heavy atom. The largest absolute Gasteiger partial charge is 0.469 e. The van der Waals surface area contributed by atoms with Crippen LogP contribution in [-0.2, 0) is 9.09 Å². The van der Waals surface area contributed by atoms with E-state index in [2.05, 4.69) is 62.3 Å². The molecule has 0 saturated carbocycles. The number of rotatable bonds is 15. The third-order valence-corrected chi connectivity index (χ3v) is 6.23. The average molecular weight is 480 g/mol. The van der Waals surface area contributed by atoms with Crippen LogP contribution in [0.5, 0.6) is 0 Å². The first-order valence-electron chi connectivity index (χ1n) is 12.9. The van der Waals surface area contributed by atoms with Gasteiger partial charge in [0.2, 0.25) is 0 Å². The minimum atomic E-state index is -4.39. The van der Waals surface area contributed by atoms with Gasteiger partial charge in [-0.05, 0) is 60.8 Å². The summed E-state index contributed by atoms with van der Waals surface area (Å²) < 4.78 is 15.9. The lowest BCUT2D eigenvalue weighted by Crippen LogP contribution is -2.23. The molecular formula is C26H58NO4P. The highest BCUT2D eigenvalue weighted by molar-refractivity contribution is 7.46. The van der Waals surface area contributed by atoms with Gasteiger partial charge < -0.3 is 15.5 Å². The molecule has 0 heterocycles. The fourth-order valence-corrected chi connectivity index (χ4v) is 4.81. The maximum Gasteiger partial charge on any atom is 0.469 e. The Morgan fingerprint density at radius 3 is 1.78 bits per heavy atom. The molecule has 3 atom stereocenters. The summed E-state index contributed by atoms with van der Waals surface area (Å²) in [5, 5.41) is 0. The van der Waals surface area contributed by atoms with E-state index in [1.165, 1.54) is 38.5 Å². The molecule has 0 rings (SSSR count). The van der Waals surface area contributed by atoms with E-state index in [1.54, 1.807) is 0 Å². The highest BCUT2D eigenvalue weighted by atomic mass is 31.2. The molecule has 0 aliphatic rings. The van der Waals surface area contributed by atoms with Crippen LogP contribution in [0.1, 0.15) is 127 Å². The van der Waals surface area contributed by atoms with Crippen molar-refractivity contribution in [2.45, 2.75) is 127 Å². The van der Waals surface area contributed by atoms with Gasteiger partial charge in [0.05, 0.1) is 6.61 Å². The van der Waals surface area contributed by atoms with Crippen LogP contribution in [0.4, 0.5) is 0 Å². The minimum absolute atomic E-state index is 0.143. The van der Waals surface area contributed by atoms with Crippen LogP contribution in [0.15, 0.2) is 0 Å². The lowest BCUT2D eigenvalue weighted by molar-refractivity contribution is 0.118. The summed E-state index contributed by atoms with van der Waals surface area (Å²) in [5.41, 5.74) is 5.86. The molecule has 5 nitrogen and oxygen atoms in total. The molecule has 0 aromatic carbocycles.